The highest BCUT2D eigenvalue weighted by Crippen LogP contribution is 2.38. The van der Waals surface area contributed by atoms with Crippen LogP contribution in [0, 0.1) is 6.92 Å². The van der Waals surface area contributed by atoms with Crippen LogP contribution in [-0.2, 0) is 21.4 Å². The average Bonchev–Trinajstić information content (AvgIpc) is 3.17. The molecule has 1 unspecified atom stereocenters. The molecule has 0 amide bonds. The monoisotopic (exact) mass is 691 g/mol. The van der Waals surface area contributed by atoms with Crippen LogP contribution in [0.5, 0.6) is 0 Å². The summed E-state index contributed by atoms with van der Waals surface area (Å²) in [4.78, 5) is 27.4. The minimum Gasteiger partial charge on any atom is -0.462 e. The molecule has 0 aliphatic carbocycles. The summed E-state index contributed by atoms with van der Waals surface area (Å²) in [6, 6.07) is 37.4. The van der Waals surface area contributed by atoms with Gasteiger partial charge in [-0.2, -0.15) is 0 Å². The predicted molar refractivity (Wildman–Crippen MR) is 215 cm³/mol. The summed E-state index contributed by atoms with van der Waals surface area (Å²) in [5, 5.41) is 8.34. The number of nitrogens with one attached hydrogen (secondary N) is 1. The molecular formula is C47H49NO4. The normalized spacial score (nSPS) is 12.4. The summed E-state index contributed by atoms with van der Waals surface area (Å²) in [7, 11) is 0. The number of hydrogen-bond donors (Lipinski definition) is 1. The largest absolute Gasteiger partial charge is 0.462 e. The number of carbonyl (C=O) groups is 2. The SMILES string of the molecule is CCCCc1cccc2c1ccc1ccc(-c3cc(C(=O)OCC)c(-c4ccc(C(C)(CC)Nc5ccc(C)cc5)cc4)cc3C(=O)OCC)cc12. The number of esters is 2. The molecule has 5 nitrogen and oxygen atoms in total. The molecular weight excluding hydrogens is 643 g/mol. The molecule has 6 rings (SSSR count). The molecule has 0 aliphatic heterocycles. The van der Waals surface area contributed by atoms with Gasteiger partial charge in [-0.3, -0.25) is 0 Å². The molecule has 0 radical (unpaired) electrons. The first-order chi connectivity index (χ1) is 25.2. The highest BCUT2D eigenvalue weighted by molar-refractivity contribution is 6.11. The molecule has 0 spiro atoms. The second-order valence-corrected chi connectivity index (χ2v) is 13.8. The first kappa shape index (κ1) is 36.4. The van der Waals surface area contributed by atoms with Gasteiger partial charge in [-0.25, -0.2) is 9.59 Å². The fourth-order valence-electron chi connectivity index (χ4n) is 7.08. The Labute approximate surface area is 308 Å². The van der Waals surface area contributed by atoms with Crippen molar-refractivity contribution in [2.24, 2.45) is 0 Å². The lowest BCUT2D eigenvalue weighted by atomic mass is 9.86. The van der Waals surface area contributed by atoms with Crippen LogP contribution in [-0.4, -0.2) is 25.2 Å². The van der Waals surface area contributed by atoms with Crippen molar-refractivity contribution in [3.05, 3.63) is 137 Å². The number of benzene rings is 6. The predicted octanol–water partition coefficient (Wildman–Crippen LogP) is 12.1. The average molecular weight is 692 g/mol. The van der Waals surface area contributed by atoms with E-state index >= 15 is 0 Å². The number of unbranched alkanes of at least 4 members (excludes halogenated alkanes) is 1. The van der Waals surface area contributed by atoms with Crippen LogP contribution in [0.2, 0.25) is 0 Å². The maximum absolute atomic E-state index is 13.7. The zero-order valence-electron chi connectivity index (χ0n) is 31.3. The molecule has 0 saturated carbocycles. The molecule has 6 aromatic rings. The minimum atomic E-state index is -0.440. The van der Waals surface area contributed by atoms with Crippen LogP contribution in [0.15, 0.2) is 109 Å². The van der Waals surface area contributed by atoms with Crippen molar-refractivity contribution in [3.63, 3.8) is 0 Å². The topological polar surface area (TPSA) is 64.6 Å². The van der Waals surface area contributed by atoms with Crippen LogP contribution in [0.1, 0.15) is 91.3 Å². The molecule has 0 aliphatic rings. The van der Waals surface area contributed by atoms with Crippen molar-refractivity contribution in [2.75, 3.05) is 18.5 Å². The number of carbonyl (C=O) groups excluding carboxylic acids is 2. The van der Waals surface area contributed by atoms with Crippen molar-refractivity contribution in [3.8, 4) is 22.3 Å². The first-order valence-corrected chi connectivity index (χ1v) is 18.6. The number of hydrogen-bond acceptors (Lipinski definition) is 5. The third-order valence-electron chi connectivity index (χ3n) is 10.2. The molecule has 0 saturated heterocycles. The molecule has 0 heterocycles. The summed E-state index contributed by atoms with van der Waals surface area (Å²) >= 11 is 0. The summed E-state index contributed by atoms with van der Waals surface area (Å²) < 4.78 is 11.2. The van der Waals surface area contributed by atoms with E-state index in [0.717, 1.165) is 58.8 Å². The van der Waals surface area contributed by atoms with Gasteiger partial charge >= 0.3 is 11.9 Å². The van der Waals surface area contributed by atoms with Gasteiger partial charge in [0.15, 0.2) is 0 Å². The molecule has 0 fully saturated rings. The van der Waals surface area contributed by atoms with Gasteiger partial charge in [0, 0.05) is 5.69 Å². The molecule has 1 N–H and O–H groups in total. The molecule has 52 heavy (non-hydrogen) atoms. The van der Waals surface area contributed by atoms with Gasteiger partial charge in [0.2, 0.25) is 0 Å². The van der Waals surface area contributed by atoms with E-state index in [0.29, 0.717) is 22.3 Å². The minimum absolute atomic E-state index is 0.230. The summed E-state index contributed by atoms with van der Waals surface area (Å²) in [5.41, 5.74) is 8.07. The third-order valence-corrected chi connectivity index (χ3v) is 10.2. The van der Waals surface area contributed by atoms with Gasteiger partial charge in [-0.05, 0) is 132 Å². The van der Waals surface area contributed by atoms with Crippen molar-refractivity contribution in [1.82, 2.24) is 0 Å². The van der Waals surface area contributed by atoms with Gasteiger partial charge in [-0.1, -0.05) is 105 Å². The number of rotatable bonds is 13. The Morgan fingerprint density at radius 1 is 0.654 bits per heavy atom. The van der Waals surface area contributed by atoms with E-state index in [1.807, 2.05) is 24.3 Å². The zero-order chi connectivity index (χ0) is 36.8. The standard InChI is InChI=1S/C47H49NO4/c1-7-11-13-32-14-12-15-39-38(32)27-22-33-18-19-35(28-40(33)39)42-30-43(45(49)51-9-3)41(29-44(42)46(50)52-10-4)34-20-23-36(24-21-34)47(6,8-2)48-37-25-16-31(5)17-26-37/h12,14-30,48H,7-11,13H2,1-6H3. The van der Waals surface area contributed by atoms with Crippen molar-refractivity contribution < 1.29 is 19.1 Å². The lowest BCUT2D eigenvalue weighted by molar-refractivity contribution is 0.0513. The van der Waals surface area contributed by atoms with E-state index in [1.165, 1.54) is 21.9 Å². The van der Waals surface area contributed by atoms with Crippen LogP contribution >= 0.6 is 0 Å². The Balaban J connectivity index is 1.48. The second-order valence-electron chi connectivity index (χ2n) is 13.8. The molecule has 1 atom stereocenters. The molecule has 6 aromatic carbocycles. The van der Waals surface area contributed by atoms with Crippen LogP contribution in [0.4, 0.5) is 5.69 Å². The van der Waals surface area contributed by atoms with E-state index in [1.54, 1.807) is 19.9 Å². The smallest absolute Gasteiger partial charge is 0.338 e. The van der Waals surface area contributed by atoms with Gasteiger partial charge < -0.3 is 14.8 Å². The van der Waals surface area contributed by atoms with E-state index < -0.39 is 11.9 Å². The summed E-state index contributed by atoms with van der Waals surface area (Å²) in [5.74, 6) is -0.879. The Bertz CT molecular complexity index is 2220. The lowest BCUT2D eigenvalue weighted by Crippen LogP contribution is -2.31. The van der Waals surface area contributed by atoms with Crippen LogP contribution in [0.25, 0.3) is 43.8 Å². The Morgan fingerprint density at radius 2 is 1.27 bits per heavy atom. The van der Waals surface area contributed by atoms with E-state index in [4.69, 9.17) is 9.47 Å². The zero-order valence-corrected chi connectivity index (χ0v) is 31.3. The fourth-order valence-corrected chi connectivity index (χ4v) is 7.08. The molecule has 266 valence electrons. The van der Waals surface area contributed by atoms with Gasteiger partial charge in [-0.15, -0.1) is 0 Å². The highest BCUT2D eigenvalue weighted by Gasteiger charge is 2.26. The fraction of sp³-hybridized carbons (Fsp3) is 0.277. The molecule has 0 bridgehead atoms. The van der Waals surface area contributed by atoms with Crippen molar-refractivity contribution >= 4 is 39.2 Å². The van der Waals surface area contributed by atoms with Crippen LogP contribution < -0.4 is 5.32 Å². The van der Waals surface area contributed by atoms with Crippen molar-refractivity contribution in [2.45, 2.75) is 72.8 Å². The maximum Gasteiger partial charge on any atom is 0.338 e. The Kier molecular flexibility index (Phi) is 11.1. The van der Waals surface area contributed by atoms with E-state index in [-0.39, 0.29) is 18.8 Å². The molecule has 0 aromatic heterocycles. The quantitative estimate of drug-likeness (QED) is 0.0964. The Hall–Kier alpha value is -5.42. The third kappa shape index (κ3) is 7.45. The summed E-state index contributed by atoms with van der Waals surface area (Å²) in [6.45, 7) is 12.7. The summed E-state index contributed by atoms with van der Waals surface area (Å²) in [6.07, 6.45) is 4.15. The number of ether oxygens (including phenoxy) is 2. The second kappa shape index (κ2) is 15.9. The van der Waals surface area contributed by atoms with Gasteiger partial charge in [0.25, 0.3) is 0 Å². The Morgan fingerprint density at radius 3 is 1.88 bits per heavy atom. The van der Waals surface area contributed by atoms with Crippen LogP contribution in [0.3, 0.4) is 0 Å². The number of fused-ring (bicyclic) bond motifs is 3. The maximum atomic E-state index is 13.7. The number of aryl methyl sites for hydroxylation is 2. The first-order valence-electron chi connectivity index (χ1n) is 18.6. The highest BCUT2D eigenvalue weighted by atomic mass is 16.5. The molecule has 5 heteroatoms. The van der Waals surface area contributed by atoms with Gasteiger partial charge in [0.05, 0.1) is 29.9 Å². The van der Waals surface area contributed by atoms with E-state index in [9.17, 15) is 9.59 Å². The van der Waals surface area contributed by atoms with Crippen molar-refractivity contribution in [1.29, 1.82) is 0 Å². The lowest BCUT2D eigenvalue weighted by Gasteiger charge is -2.32. The van der Waals surface area contributed by atoms with E-state index in [2.05, 4.69) is 112 Å². The number of anilines is 1. The van der Waals surface area contributed by atoms with Gasteiger partial charge in [0.1, 0.15) is 0 Å².